The smallest absolute Gasteiger partial charge is 0.326 e. The number of hydrogen-bond donors (Lipinski definition) is 1. The Balaban J connectivity index is 2.30. The fourth-order valence-corrected chi connectivity index (χ4v) is 1.85. The van der Waals surface area contributed by atoms with Crippen LogP contribution in [0.2, 0.25) is 0 Å². The number of primary amides is 1. The maximum Gasteiger partial charge on any atom is 0.326 e. The lowest BCUT2D eigenvalue weighted by molar-refractivity contribution is -0.121. The number of likely N-dealkylation sites (N-methyl/N-ethyl adjacent to an activating group) is 1. The zero-order valence-electron chi connectivity index (χ0n) is 9.75. The summed E-state index contributed by atoms with van der Waals surface area (Å²) in [5.74, 6) is 0.0432. The molecule has 90 valence electrons. The van der Waals surface area contributed by atoms with Crippen LogP contribution >= 0.6 is 0 Å². The van der Waals surface area contributed by atoms with Gasteiger partial charge in [-0.05, 0) is 19.1 Å². The number of nitrogens with zero attached hydrogens (tertiary/aromatic N) is 3. The zero-order chi connectivity index (χ0) is 12.6. The topological polar surface area (TPSA) is 79.5 Å². The predicted octanol–water partition coefficient (Wildman–Crippen LogP) is 0.116. The summed E-state index contributed by atoms with van der Waals surface area (Å²) < 4.78 is 0. The van der Waals surface area contributed by atoms with Gasteiger partial charge in [-0.15, -0.1) is 0 Å². The highest BCUT2D eigenvalue weighted by Gasteiger charge is 2.39. The van der Waals surface area contributed by atoms with Crippen molar-refractivity contribution in [3.63, 3.8) is 0 Å². The summed E-state index contributed by atoms with van der Waals surface area (Å²) in [5, 5.41) is 0. The third kappa shape index (κ3) is 1.93. The van der Waals surface area contributed by atoms with Crippen LogP contribution in [0.25, 0.3) is 0 Å². The van der Waals surface area contributed by atoms with Gasteiger partial charge < -0.3 is 10.6 Å². The van der Waals surface area contributed by atoms with Crippen LogP contribution in [0.15, 0.2) is 18.2 Å². The van der Waals surface area contributed by atoms with Crippen LogP contribution in [-0.4, -0.2) is 41.5 Å². The van der Waals surface area contributed by atoms with Gasteiger partial charge in [-0.3, -0.25) is 9.69 Å². The molecule has 0 radical (unpaired) electrons. The van der Waals surface area contributed by atoms with E-state index in [0.29, 0.717) is 5.82 Å². The van der Waals surface area contributed by atoms with Gasteiger partial charge in [0.2, 0.25) is 5.91 Å². The molecule has 6 nitrogen and oxygen atoms in total. The van der Waals surface area contributed by atoms with Crippen LogP contribution in [0.4, 0.5) is 10.6 Å². The number of aryl methyl sites for hydroxylation is 1. The van der Waals surface area contributed by atoms with Gasteiger partial charge in [0.05, 0.1) is 6.54 Å². The molecule has 0 bridgehead atoms. The molecule has 1 aromatic heterocycles. The van der Waals surface area contributed by atoms with Gasteiger partial charge in [-0.1, -0.05) is 6.07 Å². The Kier molecular flexibility index (Phi) is 2.71. The molecular weight excluding hydrogens is 220 g/mol. The molecule has 1 aliphatic rings. The van der Waals surface area contributed by atoms with Gasteiger partial charge in [-0.2, -0.15) is 0 Å². The summed E-state index contributed by atoms with van der Waals surface area (Å²) >= 11 is 0. The van der Waals surface area contributed by atoms with Gasteiger partial charge >= 0.3 is 6.03 Å². The van der Waals surface area contributed by atoms with E-state index in [9.17, 15) is 9.59 Å². The molecule has 3 amide bonds. The van der Waals surface area contributed by atoms with E-state index < -0.39 is 11.9 Å². The summed E-state index contributed by atoms with van der Waals surface area (Å²) in [6.45, 7) is 2.10. The van der Waals surface area contributed by atoms with Crippen LogP contribution < -0.4 is 10.6 Å². The summed E-state index contributed by atoms with van der Waals surface area (Å²) in [6.07, 6.45) is 0. The number of nitrogens with two attached hydrogens (primary N) is 1. The SMILES string of the molecule is Cc1cccc(N2CC(C(N)=O)N(C)C2=O)n1. The third-order valence-electron chi connectivity index (χ3n) is 2.83. The van der Waals surface area contributed by atoms with Crippen molar-refractivity contribution in [1.82, 2.24) is 9.88 Å². The van der Waals surface area contributed by atoms with Gasteiger partial charge in [-0.25, -0.2) is 9.78 Å². The summed E-state index contributed by atoms with van der Waals surface area (Å²) in [6, 6.07) is 4.56. The number of amides is 3. The first kappa shape index (κ1) is 11.4. The lowest BCUT2D eigenvalue weighted by Crippen LogP contribution is -2.40. The summed E-state index contributed by atoms with van der Waals surface area (Å²) in [7, 11) is 1.56. The quantitative estimate of drug-likeness (QED) is 0.789. The average Bonchev–Trinajstić information content (AvgIpc) is 2.56. The molecule has 1 atom stereocenters. The van der Waals surface area contributed by atoms with E-state index in [4.69, 9.17) is 5.73 Å². The highest BCUT2D eigenvalue weighted by Crippen LogP contribution is 2.20. The second kappa shape index (κ2) is 4.04. The van der Waals surface area contributed by atoms with Crippen molar-refractivity contribution in [3.8, 4) is 0 Å². The van der Waals surface area contributed by atoms with Crippen LogP contribution in [0.3, 0.4) is 0 Å². The van der Waals surface area contributed by atoms with Crippen LogP contribution in [0, 0.1) is 6.92 Å². The number of pyridine rings is 1. The molecule has 0 saturated carbocycles. The Hall–Kier alpha value is -2.11. The molecule has 6 heteroatoms. The molecular formula is C11H14N4O2. The molecule has 1 fully saturated rings. The van der Waals surface area contributed by atoms with Crippen molar-refractivity contribution in [2.24, 2.45) is 5.73 Å². The molecule has 17 heavy (non-hydrogen) atoms. The molecule has 2 N–H and O–H groups in total. The van der Waals surface area contributed by atoms with E-state index in [0.717, 1.165) is 5.69 Å². The highest BCUT2D eigenvalue weighted by atomic mass is 16.2. The summed E-state index contributed by atoms with van der Waals surface area (Å²) in [4.78, 5) is 30.2. The van der Waals surface area contributed by atoms with Crippen LogP contribution in [0.1, 0.15) is 5.69 Å². The second-order valence-corrected chi connectivity index (χ2v) is 4.06. The van der Waals surface area contributed by atoms with E-state index in [1.165, 1.54) is 9.80 Å². The Bertz CT molecular complexity index is 474. The third-order valence-corrected chi connectivity index (χ3v) is 2.83. The van der Waals surface area contributed by atoms with Gasteiger partial charge in [0.25, 0.3) is 0 Å². The maximum atomic E-state index is 11.9. The Morgan fingerprint density at radius 2 is 2.24 bits per heavy atom. The number of hydrogen-bond acceptors (Lipinski definition) is 3. The average molecular weight is 234 g/mol. The number of anilines is 1. The highest BCUT2D eigenvalue weighted by molar-refractivity contribution is 5.99. The number of aromatic nitrogens is 1. The predicted molar refractivity (Wildman–Crippen MR) is 62.5 cm³/mol. The van der Waals surface area contributed by atoms with Crippen molar-refractivity contribution < 1.29 is 9.59 Å². The fourth-order valence-electron chi connectivity index (χ4n) is 1.85. The van der Waals surface area contributed by atoms with Crippen molar-refractivity contribution in [2.45, 2.75) is 13.0 Å². The van der Waals surface area contributed by atoms with Gasteiger partial charge in [0.15, 0.2) is 0 Å². The Labute approximate surface area is 99.0 Å². The Morgan fingerprint density at radius 3 is 2.76 bits per heavy atom. The first-order valence-corrected chi connectivity index (χ1v) is 5.28. The number of urea groups is 1. The van der Waals surface area contributed by atoms with Gasteiger partial charge in [0.1, 0.15) is 11.9 Å². The fraction of sp³-hybridized carbons (Fsp3) is 0.364. The minimum atomic E-state index is -0.593. The molecule has 1 aliphatic heterocycles. The van der Waals surface area contributed by atoms with Crippen LogP contribution in [0.5, 0.6) is 0 Å². The molecule has 2 rings (SSSR count). The lowest BCUT2D eigenvalue weighted by Gasteiger charge is -2.15. The van der Waals surface area contributed by atoms with Gasteiger partial charge in [0, 0.05) is 12.7 Å². The van der Waals surface area contributed by atoms with Crippen molar-refractivity contribution in [2.75, 3.05) is 18.5 Å². The molecule has 0 aromatic carbocycles. The maximum absolute atomic E-state index is 11.9. The first-order chi connectivity index (χ1) is 8.00. The van der Waals surface area contributed by atoms with E-state index in [1.807, 2.05) is 19.1 Å². The molecule has 1 saturated heterocycles. The number of rotatable bonds is 2. The molecule has 0 spiro atoms. The van der Waals surface area contributed by atoms with E-state index in [2.05, 4.69) is 4.98 Å². The van der Waals surface area contributed by atoms with Crippen molar-refractivity contribution in [3.05, 3.63) is 23.9 Å². The molecule has 0 aliphatic carbocycles. The first-order valence-electron chi connectivity index (χ1n) is 5.28. The zero-order valence-corrected chi connectivity index (χ0v) is 9.75. The van der Waals surface area contributed by atoms with Crippen LogP contribution in [-0.2, 0) is 4.79 Å². The standard InChI is InChI=1S/C11H14N4O2/c1-7-4-3-5-9(13-7)15-6-8(10(12)16)14(2)11(15)17/h3-5,8H,6H2,1-2H3,(H2,12,16). The van der Waals surface area contributed by atoms with Crippen molar-refractivity contribution in [1.29, 1.82) is 0 Å². The second-order valence-electron chi connectivity index (χ2n) is 4.06. The molecule has 2 heterocycles. The number of carbonyl (C=O) groups excluding carboxylic acids is 2. The van der Waals surface area contributed by atoms with E-state index >= 15 is 0 Å². The lowest BCUT2D eigenvalue weighted by atomic mass is 10.3. The summed E-state index contributed by atoms with van der Waals surface area (Å²) in [5.41, 5.74) is 6.06. The van der Waals surface area contributed by atoms with E-state index in [1.54, 1.807) is 13.1 Å². The largest absolute Gasteiger partial charge is 0.368 e. The van der Waals surface area contributed by atoms with E-state index in [-0.39, 0.29) is 12.6 Å². The Morgan fingerprint density at radius 1 is 1.53 bits per heavy atom. The minimum Gasteiger partial charge on any atom is -0.368 e. The molecule has 1 unspecified atom stereocenters. The monoisotopic (exact) mass is 234 g/mol. The van der Waals surface area contributed by atoms with Crippen molar-refractivity contribution >= 4 is 17.8 Å². The minimum absolute atomic E-state index is 0.251. The number of carbonyl (C=O) groups is 2. The molecule has 1 aromatic rings. The normalized spacial score (nSPS) is 19.9.